The second-order valence-electron chi connectivity index (χ2n) is 5.59. The van der Waals surface area contributed by atoms with Crippen LogP contribution in [-0.2, 0) is 23.8 Å². The highest BCUT2D eigenvalue weighted by Gasteiger charge is 2.42. The van der Waals surface area contributed by atoms with Gasteiger partial charge < -0.3 is 0 Å². The quantitative estimate of drug-likeness (QED) is 0.534. The van der Waals surface area contributed by atoms with Crippen LogP contribution in [0.4, 0.5) is 35.1 Å². The second-order valence-corrected chi connectivity index (χ2v) is 5.59. The average Bonchev–Trinajstić information content (AvgIpc) is 2.52. The molecule has 2 rings (SSSR count). The third kappa shape index (κ3) is 3.86. The molecule has 0 aliphatic carbocycles. The minimum atomic E-state index is -5.66. The van der Waals surface area contributed by atoms with Crippen LogP contribution in [0.3, 0.4) is 0 Å². The first-order valence-electron chi connectivity index (χ1n) is 7.12. The van der Waals surface area contributed by atoms with Gasteiger partial charge >= 0.3 is 6.18 Å². The number of carbonyl (C=O) groups excluding carboxylic acids is 1. The standard InChI is InChI=1S/C17H10F8O/c1-7-2-3-11(18)8(4-7)5-9(26)6-10-13(19)15(21)12(17(23,24)25)16(22)14(10)20/h2-4H,5-6H2,1H3. The third-order valence-corrected chi connectivity index (χ3v) is 3.60. The summed E-state index contributed by atoms with van der Waals surface area (Å²) in [5.74, 6) is -11.7. The molecule has 0 unspecified atom stereocenters. The van der Waals surface area contributed by atoms with E-state index in [2.05, 4.69) is 0 Å². The first-order valence-corrected chi connectivity index (χ1v) is 7.12. The van der Waals surface area contributed by atoms with Gasteiger partial charge in [0, 0.05) is 18.4 Å². The van der Waals surface area contributed by atoms with E-state index in [0.29, 0.717) is 5.56 Å². The molecule has 140 valence electrons. The molecule has 0 saturated carbocycles. The first-order chi connectivity index (χ1) is 11.9. The predicted molar refractivity (Wildman–Crippen MR) is 74.8 cm³/mol. The number of carbonyl (C=O) groups is 1. The van der Waals surface area contributed by atoms with Crippen LogP contribution in [-0.4, -0.2) is 5.78 Å². The van der Waals surface area contributed by atoms with Crippen molar-refractivity contribution < 1.29 is 39.9 Å². The Morgan fingerprint density at radius 2 is 1.42 bits per heavy atom. The van der Waals surface area contributed by atoms with Crippen LogP contribution in [0.25, 0.3) is 0 Å². The Balaban J connectivity index is 2.38. The maximum atomic E-state index is 13.8. The molecule has 0 amide bonds. The van der Waals surface area contributed by atoms with Crippen molar-refractivity contribution in [3.05, 3.63) is 69.5 Å². The summed E-state index contributed by atoms with van der Waals surface area (Å²) in [5, 5.41) is 0. The highest BCUT2D eigenvalue weighted by Crippen LogP contribution is 2.37. The number of rotatable bonds is 4. The SMILES string of the molecule is Cc1ccc(F)c(CC(=O)Cc2c(F)c(F)c(C(F)(F)F)c(F)c2F)c1. The van der Waals surface area contributed by atoms with Crippen molar-refractivity contribution >= 4 is 5.78 Å². The summed E-state index contributed by atoms with van der Waals surface area (Å²) < 4.78 is 106. The monoisotopic (exact) mass is 382 g/mol. The Morgan fingerprint density at radius 1 is 0.885 bits per heavy atom. The van der Waals surface area contributed by atoms with Crippen molar-refractivity contribution in [3.63, 3.8) is 0 Å². The molecular weight excluding hydrogens is 372 g/mol. The highest BCUT2D eigenvalue weighted by molar-refractivity contribution is 5.83. The minimum Gasteiger partial charge on any atom is -0.299 e. The fourth-order valence-corrected chi connectivity index (χ4v) is 2.39. The van der Waals surface area contributed by atoms with E-state index in [1.807, 2.05) is 0 Å². The van der Waals surface area contributed by atoms with Gasteiger partial charge in [0.2, 0.25) is 0 Å². The van der Waals surface area contributed by atoms with E-state index in [1.54, 1.807) is 6.92 Å². The topological polar surface area (TPSA) is 17.1 Å². The third-order valence-electron chi connectivity index (χ3n) is 3.60. The van der Waals surface area contributed by atoms with Crippen molar-refractivity contribution in [2.75, 3.05) is 0 Å². The number of aryl methyl sites for hydroxylation is 1. The van der Waals surface area contributed by atoms with E-state index >= 15 is 0 Å². The molecule has 0 aliphatic rings. The van der Waals surface area contributed by atoms with Gasteiger partial charge in [-0.2, -0.15) is 13.2 Å². The molecule has 2 aromatic rings. The van der Waals surface area contributed by atoms with Gasteiger partial charge in [-0.05, 0) is 18.6 Å². The maximum absolute atomic E-state index is 13.8. The first kappa shape index (κ1) is 19.9. The zero-order valence-corrected chi connectivity index (χ0v) is 13.1. The number of Topliss-reactive ketones (excluding diaryl/α,β-unsaturated/α-hetero) is 1. The summed E-state index contributed by atoms with van der Waals surface area (Å²) in [6, 6.07) is 3.74. The van der Waals surface area contributed by atoms with Gasteiger partial charge in [0.1, 0.15) is 17.2 Å². The van der Waals surface area contributed by atoms with Crippen LogP contribution in [0.15, 0.2) is 18.2 Å². The van der Waals surface area contributed by atoms with E-state index in [4.69, 9.17) is 0 Å². The predicted octanol–water partition coefficient (Wildman–Crippen LogP) is 5.06. The van der Waals surface area contributed by atoms with Crippen LogP contribution >= 0.6 is 0 Å². The normalized spacial score (nSPS) is 11.7. The lowest BCUT2D eigenvalue weighted by Gasteiger charge is -2.14. The van der Waals surface area contributed by atoms with Gasteiger partial charge in [0.25, 0.3) is 0 Å². The molecular formula is C17H10F8O. The lowest BCUT2D eigenvalue weighted by atomic mass is 9.98. The summed E-state index contributed by atoms with van der Waals surface area (Å²) in [4.78, 5) is 11.9. The summed E-state index contributed by atoms with van der Waals surface area (Å²) >= 11 is 0. The number of hydrogen-bond donors (Lipinski definition) is 0. The van der Waals surface area contributed by atoms with Gasteiger partial charge in [-0.3, -0.25) is 4.79 Å². The van der Waals surface area contributed by atoms with Crippen molar-refractivity contribution in [3.8, 4) is 0 Å². The molecule has 0 aromatic heterocycles. The van der Waals surface area contributed by atoms with E-state index in [1.165, 1.54) is 12.1 Å². The number of hydrogen-bond acceptors (Lipinski definition) is 1. The van der Waals surface area contributed by atoms with Crippen LogP contribution in [0.1, 0.15) is 22.3 Å². The van der Waals surface area contributed by atoms with Gasteiger partial charge in [-0.15, -0.1) is 0 Å². The molecule has 26 heavy (non-hydrogen) atoms. The Morgan fingerprint density at radius 3 is 1.92 bits per heavy atom. The maximum Gasteiger partial charge on any atom is 0.422 e. The fraction of sp³-hybridized carbons (Fsp3) is 0.235. The van der Waals surface area contributed by atoms with E-state index in [-0.39, 0.29) is 5.56 Å². The summed E-state index contributed by atoms with van der Waals surface area (Å²) in [6.45, 7) is 1.59. The molecule has 0 radical (unpaired) electrons. The molecule has 9 heteroatoms. The Hall–Kier alpha value is -2.45. The van der Waals surface area contributed by atoms with E-state index in [9.17, 15) is 39.9 Å². The molecule has 0 atom stereocenters. The number of ketones is 1. The number of benzene rings is 2. The smallest absolute Gasteiger partial charge is 0.299 e. The number of halogens is 8. The van der Waals surface area contributed by atoms with Crippen molar-refractivity contribution in [1.82, 2.24) is 0 Å². The van der Waals surface area contributed by atoms with Gasteiger partial charge in [-0.1, -0.05) is 17.7 Å². The molecule has 1 nitrogen and oxygen atoms in total. The Labute approximate surface area is 142 Å². The number of alkyl halides is 3. The van der Waals surface area contributed by atoms with Crippen molar-refractivity contribution in [2.24, 2.45) is 0 Å². The molecule has 0 bridgehead atoms. The molecule has 0 aliphatic heterocycles. The van der Waals surface area contributed by atoms with Crippen molar-refractivity contribution in [1.29, 1.82) is 0 Å². The fourth-order valence-electron chi connectivity index (χ4n) is 2.39. The van der Waals surface area contributed by atoms with Crippen LogP contribution in [0.2, 0.25) is 0 Å². The van der Waals surface area contributed by atoms with E-state index < -0.39 is 65.0 Å². The summed E-state index contributed by atoms with van der Waals surface area (Å²) in [6.07, 6.45) is -7.56. The molecule has 0 N–H and O–H groups in total. The van der Waals surface area contributed by atoms with E-state index in [0.717, 1.165) is 6.07 Å². The van der Waals surface area contributed by atoms with Gasteiger partial charge in [0.05, 0.1) is 0 Å². The summed E-state index contributed by atoms with van der Waals surface area (Å²) in [5.41, 5.74) is -3.73. The van der Waals surface area contributed by atoms with Gasteiger partial charge in [-0.25, -0.2) is 22.0 Å². The zero-order chi connectivity index (χ0) is 19.8. The van der Waals surface area contributed by atoms with Crippen molar-refractivity contribution in [2.45, 2.75) is 25.9 Å². The average molecular weight is 382 g/mol. The van der Waals surface area contributed by atoms with Crippen LogP contribution in [0, 0.1) is 36.0 Å². The molecule has 0 heterocycles. The highest BCUT2D eigenvalue weighted by atomic mass is 19.4. The zero-order valence-electron chi connectivity index (χ0n) is 13.1. The Bertz CT molecular complexity index is 841. The largest absolute Gasteiger partial charge is 0.422 e. The molecule has 0 saturated heterocycles. The molecule has 0 fully saturated rings. The lowest BCUT2D eigenvalue weighted by molar-refractivity contribution is -0.143. The van der Waals surface area contributed by atoms with Crippen LogP contribution < -0.4 is 0 Å². The van der Waals surface area contributed by atoms with Crippen LogP contribution in [0.5, 0.6) is 0 Å². The second kappa shape index (κ2) is 7.05. The molecule has 0 spiro atoms. The summed E-state index contributed by atoms with van der Waals surface area (Å²) in [7, 11) is 0. The minimum absolute atomic E-state index is 0.122. The molecule has 2 aromatic carbocycles. The van der Waals surface area contributed by atoms with Gasteiger partial charge in [0.15, 0.2) is 23.3 Å². The Kier molecular flexibility index (Phi) is 5.39. The lowest BCUT2D eigenvalue weighted by Crippen LogP contribution is -2.19.